The predicted molar refractivity (Wildman–Crippen MR) is 55.2 cm³/mol. The zero-order valence-corrected chi connectivity index (χ0v) is 11.9. The number of carbonyl (C=O) groups is 1. The number of nitro groups is 1. The third-order valence-corrected chi connectivity index (χ3v) is 1.71. The molecule has 0 N–H and O–H groups in total. The number of rotatable bonds is 5. The summed E-state index contributed by atoms with van der Waals surface area (Å²) in [5.74, 6) is -1.29. The van der Waals surface area contributed by atoms with E-state index in [-0.39, 0.29) is 40.9 Å². The molecule has 1 rings (SSSR count). The van der Waals surface area contributed by atoms with Gasteiger partial charge in [0.2, 0.25) is 0 Å². The number of carboxylic acid groups (broad SMARTS) is 1. The molecule has 0 saturated carbocycles. The SMILES string of the molecule is CN(CC(=O)[O-])N=Nc1cccc([N+](=O)[O-])c1.[Na+]. The monoisotopic (exact) mass is 260 g/mol. The Hall–Kier alpha value is -1.51. The van der Waals surface area contributed by atoms with E-state index in [2.05, 4.69) is 10.3 Å². The number of benzene rings is 1. The summed E-state index contributed by atoms with van der Waals surface area (Å²) in [5.41, 5.74) is 0.161. The Balaban J connectivity index is 0.00000289. The molecule has 1 aromatic rings. The number of carboxylic acids is 1. The fourth-order valence-electron chi connectivity index (χ4n) is 1.02. The average molecular weight is 260 g/mol. The zero-order valence-electron chi connectivity index (χ0n) is 9.94. The van der Waals surface area contributed by atoms with Crippen LogP contribution in [0.25, 0.3) is 0 Å². The standard InChI is InChI=1S/C9H10N4O4.Na/c1-12(6-9(14)15)11-10-7-3-2-4-8(5-7)13(16)17;/h2-5H,6H2,1H3,(H,14,15);/q;+1/p-1. The minimum atomic E-state index is -1.29. The first-order valence-electron chi connectivity index (χ1n) is 4.56. The molecule has 0 aliphatic carbocycles. The van der Waals surface area contributed by atoms with Crippen LogP contribution in [-0.4, -0.2) is 29.5 Å². The Labute approximate surface area is 125 Å². The van der Waals surface area contributed by atoms with E-state index in [1.165, 1.54) is 31.3 Å². The molecule has 0 unspecified atom stereocenters. The summed E-state index contributed by atoms with van der Waals surface area (Å²) in [5, 5.41) is 29.0. The van der Waals surface area contributed by atoms with E-state index in [0.717, 1.165) is 5.01 Å². The number of carbonyl (C=O) groups excluding carboxylic acids is 1. The molecule has 0 heterocycles. The van der Waals surface area contributed by atoms with Crippen molar-refractivity contribution in [2.24, 2.45) is 10.3 Å². The number of nitro benzene ring substituents is 1. The second-order valence-electron chi connectivity index (χ2n) is 3.15. The number of aliphatic carboxylic acids is 1. The van der Waals surface area contributed by atoms with Crippen LogP contribution < -0.4 is 34.7 Å². The van der Waals surface area contributed by atoms with Crippen molar-refractivity contribution in [1.82, 2.24) is 5.01 Å². The molecule has 9 heteroatoms. The number of likely N-dealkylation sites (N-methyl/N-ethyl adjacent to an activating group) is 1. The molecule has 8 nitrogen and oxygen atoms in total. The van der Waals surface area contributed by atoms with Crippen molar-refractivity contribution in [1.29, 1.82) is 0 Å². The normalized spacial score (nSPS) is 9.83. The number of hydrogen-bond acceptors (Lipinski definition) is 6. The summed E-state index contributed by atoms with van der Waals surface area (Å²) in [6.07, 6.45) is 0. The van der Waals surface area contributed by atoms with Gasteiger partial charge in [0.25, 0.3) is 5.69 Å². The van der Waals surface area contributed by atoms with E-state index in [1.807, 2.05) is 0 Å². The van der Waals surface area contributed by atoms with Crippen LogP contribution in [0.1, 0.15) is 0 Å². The summed E-state index contributed by atoms with van der Waals surface area (Å²) in [6, 6.07) is 5.54. The Morgan fingerprint density at radius 2 is 2.17 bits per heavy atom. The van der Waals surface area contributed by atoms with E-state index in [1.54, 1.807) is 0 Å². The largest absolute Gasteiger partial charge is 1.00 e. The first kappa shape index (κ1) is 16.5. The van der Waals surface area contributed by atoms with Gasteiger partial charge in [-0.15, -0.1) is 5.11 Å². The molecule has 1 aromatic carbocycles. The zero-order chi connectivity index (χ0) is 12.8. The fourth-order valence-corrected chi connectivity index (χ4v) is 1.02. The summed E-state index contributed by atoms with van der Waals surface area (Å²) < 4.78 is 0. The number of hydrogen-bond donors (Lipinski definition) is 0. The second-order valence-corrected chi connectivity index (χ2v) is 3.15. The maximum Gasteiger partial charge on any atom is 1.00 e. The van der Waals surface area contributed by atoms with Crippen molar-refractivity contribution < 1.29 is 44.4 Å². The van der Waals surface area contributed by atoms with Crippen molar-refractivity contribution in [3.63, 3.8) is 0 Å². The van der Waals surface area contributed by atoms with Crippen LogP contribution in [0, 0.1) is 10.1 Å². The van der Waals surface area contributed by atoms with E-state index < -0.39 is 17.4 Å². The molecule has 0 spiro atoms. The number of nitrogens with zero attached hydrogens (tertiary/aromatic N) is 4. The van der Waals surface area contributed by atoms with Gasteiger partial charge in [-0.1, -0.05) is 11.3 Å². The first-order valence-corrected chi connectivity index (χ1v) is 4.56. The average Bonchev–Trinajstić information content (AvgIpc) is 2.26. The quantitative estimate of drug-likeness (QED) is 0.247. The van der Waals surface area contributed by atoms with Crippen molar-refractivity contribution in [2.45, 2.75) is 0 Å². The van der Waals surface area contributed by atoms with Crippen molar-refractivity contribution in [3.05, 3.63) is 34.4 Å². The van der Waals surface area contributed by atoms with Gasteiger partial charge in [-0.05, 0) is 6.07 Å². The Morgan fingerprint density at radius 1 is 1.50 bits per heavy atom. The summed E-state index contributed by atoms with van der Waals surface area (Å²) in [4.78, 5) is 20.1. The topological polar surface area (TPSA) is 111 Å². The Morgan fingerprint density at radius 3 is 2.72 bits per heavy atom. The Bertz CT molecular complexity index is 466. The molecule has 18 heavy (non-hydrogen) atoms. The number of non-ortho nitro benzene ring substituents is 1. The van der Waals surface area contributed by atoms with Crippen LogP contribution in [0.2, 0.25) is 0 Å². The maximum absolute atomic E-state index is 10.5. The van der Waals surface area contributed by atoms with Gasteiger partial charge in [-0.25, -0.2) is 0 Å². The van der Waals surface area contributed by atoms with Gasteiger partial charge in [-0.3, -0.25) is 15.1 Å². The van der Waals surface area contributed by atoms with Crippen LogP contribution in [0.4, 0.5) is 11.4 Å². The van der Waals surface area contributed by atoms with Gasteiger partial charge < -0.3 is 9.90 Å². The van der Waals surface area contributed by atoms with E-state index in [4.69, 9.17) is 0 Å². The van der Waals surface area contributed by atoms with Crippen molar-refractivity contribution in [2.75, 3.05) is 13.6 Å². The maximum atomic E-state index is 10.5. The van der Waals surface area contributed by atoms with Crippen LogP contribution in [0.3, 0.4) is 0 Å². The van der Waals surface area contributed by atoms with Gasteiger partial charge in [-0.2, -0.15) is 0 Å². The molecule has 0 fully saturated rings. The summed E-state index contributed by atoms with van der Waals surface area (Å²) >= 11 is 0. The molecule has 0 amide bonds. The molecule has 0 bridgehead atoms. The van der Waals surface area contributed by atoms with Gasteiger partial charge in [0.05, 0.1) is 23.1 Å². The molecule has 0 aliphatic heterocycles. The minimum absolute atomic E-state index is 0. The molecule has 0 aromatic heterocycles. The van der Waals surface area contributed by atoms with E-state index in [9.17, 15) is 20.0 Å². The van der Waals surface area contributed by atoms with Crippen molar-refractivity contribution in [3.8, 4) is 0 Å². The summed E-state index contributed by atoms with van der Waals surface area (Å²) in [6.45, 7) is -0.404. The molecule has 0 saturated heterocycles. The van der Waals surface area contributed by atoms with Crippen LogP contribution in [0.5, 0.6) is 0 Å². The Kier molecular flexibility index (Phi) is 7.10. The third-order valence-electron chi connectivity index (χ3n) is 1.71. The van der Waals surface area contributed by atoms with Gasteiger partial charge in [0.15, 0.2) is 0 Å². The summed E-state index contributed by atoms with van der Waals surface area (Å²) in [7, 11) is 1.40. The van der Waals surface area contributed by atoms with Gasteiger partial charge in [0.1, 0.15) is 0 Å². The van der Waals surface area contributed by atoms with Crippen LogP contribution >= 0.6 is 0 Å². The molecular weight excluding hydrogens is 251 g/mol. The van der Waals surface area contributed by atoms with E-state index >= 15 is 0 Å². The molecule has 0 aliphatic rings. The van der Waals surface area contributed by atoms with Gasteiger partial charge in [0, 0.05) is 19.2 Å². The van der Waals surface area contributed by atoms with Crippen LogP contribution in [-0.2, 0) is 4.79 Å². The fraction of sp³-hybridized carbons (Fsp3) is 0.222. The first-order chi connectivity index (χ1) is 7.99. The molecule has 0 atom stereocenters. The molecule has 0 radical (unpaired) electrons. The molecular formula is C9H9N4NaO4. The minimum Gasteiger partial charge on any atom is -0.548 e. The second kappa shape index (κ2) is 7.75. The predicted octanol–water partition coefficient (Wildman–Crippen LogP) is -2.72. The van der Waals surface area contributed by atoms with Gasteiger partial charge >= 0.3 is 29.6 Å². The van der Waals surface area contributed by atoms with Crippen molar-refractivity contribution >= 4 is 17.3 Å². The smallest absolute Gasteiger partial charge is 0.548 e. The molecule has 90 valence electrons. The van der Waals surface area contributed by atoms with Crippen LogP contribution in [0.15, 0.2) is 34.6 Å². The third kappa shape index (κ3) is 5.71. The van der Waals surface area contributed by atoms with E-state index in [0.29, 0.717) is 0 Å².